The first-order chi connectivity index (χ1) is 14.1. The van der Waals surface area contributed by atoms with Gasteiger partial charge in [-0.25, -0.2) is 4.98 Å². The highest BCUT2D eigenvalue weighted by Crippen LogP contribution is 2.24. The third-order valence-electron chi connectivity index (χ3n) is 5.99. The van der Waals surface area contributed by atoms with Crippen molar-refractivity contribution in [1.29, 1.82) is 0 Å². The molecule has 2 amide bonds. The number of benzene rings is 1. The average molecular weight is 393 g/mol. The van der Waals surface area contributed by atoms with E-state index in [2.05, 4.69) is 35.1 Å². The molecule has 1 aromatic carbocycles. The minimum atomic E-state index is -0.0856. The van der Waals surface area contributed by atoms with Crippen LogP contribution >= 0.6 is 0 Å². The molecule has 0 bridgehead atoms. The number of rotatable bonds is 4. The molecular formula is C23H28N4O2. The SMILES string of the molecule is CCc1cnc(N2CCN(C(=O)c3ccc(C4CCNC4=O)cc3)CC2)c(C)c1. The first-order valence-corrected chi connectivity index (χ1v) is 10.4. The maximum absolute atomic E-state index is 12.9. The fraction of sp³-hybridized carbons (Fsp3) is 0.435. The van der Waals surface area contributed by atoms with Crippen LogP contribution in [-0.4, -0.2) is 54.4 Å². The molecule has 2 aromatic rings. The molecule has 2 aliphatic rings. The van der Waals surface area contributed by atoms with Crippen molar-refractivity contribution in [2.24, 2.45) is 0 Å². The zero-order valence-electron chi connectivity index (χ0n) is 17.1. The van der Waals surface area contributed by atoms with Gasteiger partial charge in [0.1, 0.15) is 5.82 Å². The van der Waals surface area contributed by atoms with Gasteiger partial charge >= 0.3 is 0 Å². The Morgan fingerprint density at radius 3 is 2.48 bits per heavy atom. The van der Waals surface area contributed by atoms with Crippen LogP contribution in [0, 0.1) is 6.92 Å². The maximum atomic E-state index is 12.9. The molecule has 4 rings (SSSR count). The highest BCUT2D eigenvalue weighted by molar-refractivity contribution is 5.94. The van der Waals surface area contributed by atoms with Crippen molar-refractivity contribution >= 4 is 17.6 Å². The molecule has 0 saturated carbocycles. The summed E-state index contributed by atoms with van der Waals surface area (Å²) in [7, 11) is 0. The minimum absolute atomic E-state index is 0.0538. The van der Waals surface area contributed by atoms with Crippen molar-refractivity contribution in [3.63, 3.8) is 0 Å². The maximum Gasteiger partial charge on any atom is 0.253 e. The van der Waals surface area contributed by atoms with Crippen molar-refractivity contribution in [3.8, 4) is 0 Å². The minimum Gasteiger partial charge on any atom is -0.356 e. The second kappa shape index (κ2) is 8.23. The molecule has 1 unspecified atom stereocenters. The first-order valence-electron chi connectivity index (χ1n) is 10.4. The molecule has 152 valence electrons. The van der Waals surface area contributed by atoms with E-state index < -0.39 is 0 Å². The summed E-state index contributed by atoms with van der Waals surface area (Å²) >= 11 is 0. The van der Waals surface area contributed by atoms with Crippen molar-refractivity contribution in [1.82, 2.24) is 15.2 Å². The van der Waals surface area contributed by atoms with Gasteiger partial charge in [0.05, 0.1) is 5.92 Å². The van der Waals surface area contributed by atoms with Crippen molar-refractivity contribution in [2.45, 2.75) is 32.6 Å². The number of nitrogens with one attached hydrogen (secondary N) is 1. The summed E-state index contributed by atoms with van der Waals surface area (Å²) in [4.78, 5) is 33.6. The van der Waals surface area contributed by atoms with E-state index in [-0.39, 0.29) is 17.7 Å². The zero-order chi connectivity index (χ0) is 20.4. The van der Waals surface area contributed by atoms with Gasteiger partial charge in [0.15, 0.2) is 0 Å². The normalized spacial score (nSPS) is 19.4. The Bertz CT molecular complexity index is 902. The molecule has 2 fully saturated rings. The summed E-state index contributed by atoms with van der Waals surface area (Å²) < 4.78 is 0. The van der Waals surface area contributed by atoms with Crippen LogP contribution in [0.25, 0.3) is 0 Å². The Balaban J connectivity index is 1.38. The van der Waals surface area contributed by atoms with Crippen LogP contribution in [0.4, 0.5) is 5.82 Å². The molecular weight excluding hydrogens is 364 g/mol. The number of hydrogen-bond donors (Lipinski definition) is 1. The van der Waals surface area contributed by atoms with Gasteiger partial charge in [-0.3, -0.25) is 9.59 Å². The Labute approximate surface area is 171 Å². The van der Waals surface area contributed by atoms with Gasteiger partial charge < -0.3 is 15.1 Å². The molecule has 1 aromatic heterocycles. The van der Waals surface area contributed by atoms with Crippen LogP contribution in [-0.2, 0) is 11.2 Å². The molecule has 0 aliphatic carbocycles. The highest BCUT2D eigenvalue weighted by Gasteiger charge is 2.27. The summed E-state index contributed by atoms with van der Waals surface area (Å²) in [6, 6.07) is 9.74. The number of pyridine rings is 1. The van der Waals surface area contributed by atoms with Gasteiger partial charge in [-0.2, -0.15) is 0 Å². The Kier molecular flexibility index (Phi) is 5.51. The topological polar surface area (TPSA) is 65.5 Å². The van der Waals surface area contributed by atoms with Gasteiger partial charge in [0.25, 0.3) is 5.91 Å². The number of carbonyl (C=O) groups is 2. The van der Waals surface area contributed by atoms with E-state index in [9.17, 15) is 9.59 Å². The molecule has 29 heavy (non-hydrogen) atoms. The lowest BCUT2D eigenvalue weighted by Gasteiger charge is -2.36. The van der Waals surface area contributed by atoms with Gasteiger partial charge in [0, 0.05) is 44.5 Å². The summed E-state index contributed by atoms with van der Waals surface area (Å²) in [5.74, 6) is 1.07. The Hall–Kier alpha value is -2.89. The molecule has 2 saturated heterocycles. The molecule has 1 N–H and O–H groups in total. The van der Waals surface area contributed by atoms with Crippen molar-refractivity contribution < 1.29 is 9.59 Å². The number of hydrogen-bond acceptors (Lipinski definition) is 4. The number of aryl methyl sites for hydroxylation is 2. The van der Waals surface area contributed by atoms with Crippen LogP contribution in [0.15, 0.2) is 36.5 Å². The lowest BCUT2D eigenvalue weighted by Crippen LogP contribution is -2.49. The molecule has 6 nitrogen and oxygen atoms in total. The smallest absolute Gasteiger partial charge is 0.253 e. The quantitative estimate of drug-likeness (QED) is 0.868. The number of carbonyl (C=O) groups excluding carboxylic acids is 2. The monoisotopic (exact) mass is 392 g/mol. The van der Waals surface area contributed by atoms with Gasteiger partial charge in [-0.1, -0.05) is 25.1 Å². The van der Waals surface area contributed by atoms with E-state index in [1.165, 1.54) is 11.1 Å². The fourth-order valence-electron chi connectivity index (χ4n) is 4.22. The lowest BCUT2D eigenvalue weighted by atomic mass is 9.96. The Morgan fingerprint density at radius 2 is 1.90 bits per heavy atom. The summed E-state index contributed by atoms with van der Waals surface area (Å²) in [5, 5.41) is 2.86. The fourth-order valence-corrected chi connectivity index (χ4v) is 4.22. The predicted octanol–water partition coefficient (Wildman–Crippen LogP) is 2.52. The lowest BCUT2D eigenvalue weighted by molar-refractivity contribution is -0.120. The average Bonchev–Trinajstić information content (AvgIpc) is 3.19. The third-order valence-corrected chi connectivity index (χ3v) is 5.99. The second-order valence-corrected chi connectivity index (χ2v) is 7.87. The first kappa shape index (κ1) is 19.4. The van der Waals surface area contributed by atoms with Crippen molar-refractivity contribution in [2.75, 3.05) is 37.6 Å². The standard InChI is InChI=1S/C23H28N4O2/c1-3-17-14-16(2)21(25-15-17)26-10-12-27(13-11-26)23(29)19-6-4-18(5-7-19)20-8-9-24-22(20)28/h4-7,14-15,20H,3,8-13H2,1-2H3,(H,24,28). The molecule has 0 spiro atoms. The predicted molar refractivity (Wildman–Crippen MR) is 113 cm³/mol. The molecule has 6 heteroatoms. The van der Waals surface area contributed by atoms with Crippen LogP contribution in [0.5, 0.6) is 0 Å². The summed E-state index contributed by atoms with van der Waals surface area (Å²) in [6.07, 6.45) is 3.76. The van der Waals surface area contributed by atoms with Crippen molar-refractivity contribution in [3.05, 3.63) is 58.8 Å². The number of amides is 2. The number of aromatic nitrogens is 1. The Morgan fingerprint density at radius 1 is 1.17 bits per heavy atom. The second-order valence-electron chi connectivity index (χ2n) is 7.87. The molecule has 2 aliphatic heterocycles. The molecule has 1 atom stereocenters. The van der Waals surface area contributed by atoms with E-state index in [4.69, 9.17) is 0 Å². The van der Waals surface area contributed by atoms with E-state index >= 15 is 0 Å². The number of piperazine rings is 1. The van der Waals surface area contributed by atoms with Gasteiger partial charge in [0.2, 0.25) is 5.91 Å². The van der Waals surface area contributed by atoms with E-state index in [0.29, 0.717) is 18.7 Å². The summed E-state index contributed by atoms with van der Waals surface area (Å²) in [5.41, 5.74) is 4.11. The van der Waals surface area contributed by atoms with E-state index in [0.717, 1.165) is 43.9 Å². The van der Waals surface area contributed by atoms with Gasteiger partial charge in [-0.15, -0.1) is 0 Å². The number of nitrogens with zero attached hydrogens (tertiary/aromatic N) is 3. The van der Waals surface area contributed by atoms with Gasteiger partial charge in [-0.05, 0) is 48.6 Å². The van der Waals surface area contributed by atoms with Crippen LogP contribution < -0.4 is 10.2 Å². The summed E-state index contributed by atoms with van der Waals surface area (Å²) in [6.45, 7) is 7.89. The highest BCUT2D eigenvalue weighted by atomic mass is 16.2. The zero-order valence-corrected chi connectivity index (χ0v) is 17.1. The van der Waals surface area contributed by atoms with Crippen LogP contribution in [0.3, 0.4) is 0 Å². The van der Waals surface area contributed by atoms with E-state index in [1.54, 1.807) is 0 Å². The largest absolute Gasteiger partial charge is 0.356 e. The van der Waals surface area contributed by atoms with E-state index in [1.807, 2.05) is 35.4 Å². The molecule has 3 heterocycles. The number of anilines is 1. The van der Waals surface area contributed by atoms with Crippen LogP contribution in [0.1, 0.15) is 46.3 Å². The third kappa shape index (κ3) is 3.97. The van der Waals surface area contributed by atoms with Crippen LogP contribution in [0.2, 0.25) is 0 Å². The molecule has 0 radical (unpaired) electrons.